The van der Waals surface area contributed by atoms with Crippen LogP contribution in [0.2, 0.25) is 0 Å². The molecule has 0 spiro atoms. The number of methoxy groups -OCH3 is 2. The Morgan fingerprint density at radius 3 is 1.72 bits per heavy atom. The minimum absolute atomic E-state index is 0.853. The predicted octanol–water partition coefficient (Wildman–Crippen LogP) is 3.29. The van der Waals surface area contributed by atoms with Crippen molar-refractivity contribution in [3.63, 3.8) is 0 Å². The van der Waals surface area contributed by atoms with E-state index in [0.717, 1.165) is 23.6 Å². The average molecular weight is 253 g/mol. The smallest absolute Gasteiger partial charge is 0.122 e. The van der Waals surface area contributed by atoms with E-state index in [2.05, 4.69) is 16.9 Å². The minimum atomic E-state index is 0.853. The second-order valence-electron chi connectivity index (χ2n) is 3.80. The van der Waals surface area contributed by atoms with Crippen molar-refractivity contribution >= 4 is 5.71 Å². The van der Waals surface area contributed by atoms with Gasteiger partial charge in [0.05, 0.1) is 19.9 Å². The first kappa shape index (κ1) is 16.3. The van der Waals surface area contributed by atoms with Crippen molar-refractivity contribution in [2.45, 2.75) is 27.2 Å². The van der Waals surface area contributed by atoms with E-state index < -0.39 is 0 Å². The van der Waals surface area contributed by atoms with Crippen LogP contribution in [0.4, 0.5) is 0 Å². The lowest BCUT2D eigenvalue weighted by Gasteiger charge is -2.06. The molecule has 0 saturated carbocycles. The molecule has 0 aliphatic rings. The summed E-state index contributed by atoms with van der Waals surface area (Å²) in [5.41, 5.74) is 2.17. The fourth-order valence-electron chi connectivity index (χ4n) is 1.25. The number of nitrogens with zero attached hydrogens (tertiary/aromatic N) is 1. The Labute approximate surface area is 110 Å². The van der Waals surface area contributed by atoms with Gasteiger partial charge >= 0.3 is 0 Å². The highest BCUT2D eigenvalue weighted by atomic mass is 16.6. The molecule has 0 heterocycles. The second-order valence-corrected chi connectivity index (χ2v) is 3.80. The van der Waals surface area contributed by atoms with Crippen molar-refractivity contribution in [2.24, 2.45) is 5.16 Å². The van der Waals surface area contributed by atoms with Gasteiger partial charge in [-0.25, -0.2) is 0 Å². The van der Waals surface area contributed by atoms with E-state index in [0.29, 0.717) is 0 Å². The summed E-state index contributed by atoms with van der Waals surface area (Å²) in [6, 6.07) is 5.91. The van der Waals surface area contributed by atoms with Crippen LogP contribution in [0, 0.1) is 0 Å². The van der Waals surface area contributed by atoms with Crippen LogP contribution >= 0.6 is 0 Å². The monoisotopic (exact) mass is 253 g/mol. The molecule has 18 heavy (non-hydrogen) atoms. The average Bonchev–Trinajstić information content (AvgIpc) is 2.38. The number of hydrogen-bond acceptors (Lipinski definition) is 4. The summed E-state index contributed by atoms with van der Waals surface area (Å²) in [7, 11) is 4.86. The number of benzene rings is 1. The summed E-state index contributed by atoms with van der Waals surface area (Å²) in [4.78, 5) is 4.39. The Bertz CT molecular complexity index is 316. The molecule has 1 aromatic rings. The lowest BCUT2D eigenvalue weighted by Crippen LogP contribution is -1.89. The van der Waals surface area contributed by atoms with Crippen molar-refractivity contribution in [3.05, 3.63) is 23.8 Å². The molecule has 0 aliphatic carbocycles. The lowest BCUT2D eigenvalue weighted by atomic mass is 10.1. The third-order valence-electron chi connectivity index (χ3n) is 2.09. The van der Waals surface area contributed by atoms with Crippen molar-refractivity contribution in [1.29, 1.82) is 0 Å². The van der Waals surface area contributed by atoms with Crippen molar-refractivity contribution < 1.29 is 14.3 Å². The van der Waals surface area contributed by atoms with Gasteiger partial charge in [-0.2, -0.15) is 0 Å². The number of rotatable bonds is 4. The molecule has 1 aromatic carbocycles. The molecule has 0 aliphatic heterocycles. The normalized spacial score (nSPS) is 8.78. The van der Waals surface area contributed by atoms with Crippen LogP contribution < -0.4 is 9.47 Å². The SMILES string of the molecule is CCc1cc(OC)cc(OC)c1.CON=C(C)C. The summed E-state index contributed by atoms with van der Waals surface area (Å²) < 4.78 is 10.2. The zero-order valence-electron chi connectivity index (χ0n) is 12.1. The van der Waals surface area contributed by atoms with Crippen molar-refractivity contribution in [2.75, 3.05) is 21.3 Å². The van der Waals surface area contributed by atoms with E-state index in [1.807, 2.05) is 32.0 Å². The first-order chi connectivity index (χ1) is 8.57. The predicted molar refractivity (Wildman–Crippen MR) is 74.7 cm³/mol. The van der Waals surface area contributed by atoms with Gasteiger partial charge in [0.2, 0.25) is 0 Å². The first-order valence-electron chi connectivity index (χ1n) is 5.83. The summed E-state index contributed by atoms with van der Waals surface area (Å²) in [6.45, 7) is 5.86. The molecule has 0 unspecified atom stereocenters. The molecule has 102 valence electrons. The molecule has 0 aromatic heterocycles. The maximum atomic E-state index is 5.12. The molecule has 1 rings (SSSR count). The number of hydrogen-bond donors (Lipinski definition) is 0. The summed E-state index contributed by atoms with van der Waals surface area (Å²) in [5, 5.41) is 3.54. The number of aryl methyl sites for hydroxylation is 1. The van der Waals surface area contributed by atoms with E-state index in [1.54, 1.807) is 14.2 Å². The molecule has 0 saturated heterocycles. The quantitative estimate of drug-likeness (QED) is 0.610. The van der Waals surface area contributed by atoms with Gasteiger partial charge in [0.15, 0.2) is 0 Å². The summed E-state index contributed by atoms with van der Waals surface area (Å²) >= 11 is 0. The minimum Gasteiger partial charge on any atom is -0.497 e. The topological polar surface area (TPSA) is 40.0 Å². The highest BCUT2D eigenvalue weighted by Gasteiger charge is 1.98. The van der Waals surface area contributed by atoms with Crippen LogP contribution in [0.3, 0.4) is 0 Å². The Kier molecular flexibility index (Phi) is 8.45. The number of ether oxygens (including phenoxy) is 2. The fraction of sp³-hybridized carbons (Fsp3) is 0.500. The van der Waals surface area contributed by atoms with Crippen molar-refractivity contribution in [1.82, 2.24) is 0 Å². The third kappa shape index (κ3) is 6.78. The van der Waals surface area contributed by atoms with Gasteiger partial charge in [0.25, 0.3) is 0 Å². The molecule has 0 amide bonds. The van der Waals surface area contributed by atoms with Gasteiger partial charge in [-0.3, -0.25) is 0 Å². The van der Waals surface area contributed by atoms with Gasteiger partial charge in [-0.1, -0.05) is 12.1 Å². The Hall–Kier alpha value is -1.71. The molecule has 0 atom stereocenters. The van der Waals surface area contributed by atoms with E-state index in [1.165, 1.54) is 12.7 Å². The van der Waals surface area contributed by atoms with E-state index in [-0.39, 0.29) is 0 Å². The van der Waals surface area contributed by atoms with Crippen LogP contribution in [-0.2, 0) is 11.3 Å². The second kappa shape index (κ2) is 9.33. The van der Waals surface area contributed by atoms with Gasteiger partial charge in [-0.05, 0) is 38.0 Å². The molecular formula is C14H23NO3. The summed E-state index contributed by atoms with van der Waals surface area (Å²) in [5.74, 6) is 1.71. The first-order valence-corrected chi connectivity index (χ1v) is 5.83. The zero-order valence-corrected chi connectivity index (χ0v) is 12.1. The summed E-state index contributed by atoms with van der Waals surface area (Å²) in [6.07, 6.45) is 0.994. The van der Waals surface area contributed by atoms with Gasteiger partial charge in [-0.15, -0.1) is 0 Å². The van der Waals surface area contributed by atoms with Gasteiger partial charge < -0.3 is 14.3 Å². The molecule has 0 bridgehead atoms. The molecule has 4 nitrogen and oxygen atoms in total. The highest BCUT2D eigenvalue weighted by Crippen LogP contribution is 2.22. The van der Waals surface area contributed by atoms with Crippen LogP contribution in [0.15, 0.2) is 23.4 Å². The fourth-order valence-corrected chi connectivity index (χ4v) is 1.25. The van der Waals surface area contributed by atoms with E-state index in [4.69, 9.17) is 9.47 Å². The van der Waals surface area contributed by atoms with Crippen LogP contribution in [0.25, 0.3) is 0 Å². The van der Waals surface area contributed by atoms with E-state index in [9.17, 15) is 0 Å². The Morgan fingerprint density at radius 1 is 1.00 bits per heavy atom. The third-order valence-corrected chi connectivity index (χ3v) is 2.09. The van der Waals surface area contributed by atoms with Crippen LogP contribution in [0.5, 0.6) is 11.5 Å². The standard InChI is InChI=1S/C10H14O2.C4H9NO/c1-4-8-5-9(11-2)7-10(6-8)12-3;1-4(2)5-6-3/h5-7H,4H2,1-3H3;1-3H3. The van der Waals surface area contributed by atoms with Crippen LogP contribution in [0.1, 0.15) is 26.3 Å². The van der Waals surface area contributed by atoms with Crippen LogP contribution in [-0.4, -0.2) is 27.0 Å². The Morgan fingerprint density at radius 2 is 1.50 bits per heavy atom. The van der Waals surface area contributed by atoms with Crippen molar-refractivity contribution in [3.8, 4) is 11.5 Å². The van der Waals surface area contributed by atoms with Gasteiger partial charge in [0, 0.05) is 6.07 Å². The lowest BCUT2D eigenvalue weighted by molar-refractivity contribution is 0.213. The Balaban J connectivity index is 0.000000411. The maximum Gasteiger partial charge on any atom is 0.122 e. The molecule has 4 heteroatoms. The molecule has 0 N–H and O–H groups in total. The van der Waals surface area contributed by atoms with E-state index >= 15 is 0 Å². The maximum absolute atomic E-state index is 5.12. The highest BCUT2D eigenvalue weighted by molar-refractivity contribution is 5.78. The zero-order chi connectivity index (χ0) is 14.0. The number of oxime groups is 1. The molecule has 0 fully saturated rings. The largest absolute Gasteiger partial charge is 0.497 e. The molecule has 0 radical (unpaired) electrons. The van der Waals surface area contributed by atoms with Gasteiger partial charge in [0.1, 0.15) is 18.6 Å². The molecular weight excluding hydrogens is 230 g/mol.